The van der Waals surface area contributed by atoms with Gasteiger partial charge in [0.1, 0.15) is 4.60 Å². The van der Waals surface area contributed by atoms with Crippen molar-refractivity contribution in [2.45, 2.75) is 38.6 Å². The average Bonchev–Trinajstić information content (AvgIpc) is 3.08. The number of carbonyl (C=O) groups is 2. The van der Waals surface area contributed by atoms with Crippen LogP contribution in [0.2, 0.25) is 0 Å². The molecule has 4 aromatic rings. The maximum absolute atomic E-state index is 12.9. The van der Waals surface area contributed by atoms with Crippen molar-refractivity contribution in [2.24, 2.45) is 0 Å². The predicted octanol–water partition coefficient (Wildman–Crippen LogP) is 9.19. The van der Waals surface area contributed by atoms with Crippen LogP contribution < -0.4 is 16.1 Å². The van der Waals surface area contributed by atoms with E-state index in [-0.39, 0.29) is 54.5 Å². The van der Waals surface area contributed by atoms with Gasteiger partial charge in [-0.1, -0.05) is 0 Å². The molecule has 2 amide bonds. The first kappa shape index (κ1) is 44.7. The first-order valence-electron chi connectivity index (χ1n) is 14.7. The molecule has 11 nitrogen and oxygen atoms in total. The minimum absolute atomic E-state index is 0.0362. The Labute approximate surface area is 309 Å². The third-order valence-electron chi connectivity index (χ3n) is 6.32. The molecule has 0 saturated carbocycles. The zero-order chi connectivity index (χ0) is 41.6. The molecule has 55 heavy (non-hydrogen) atoms. The highest BCUT2D eigenvalue weighted by molar-refractivity contribution is 9.10. The summed E-state index contributed by atoms with van der Waals surface area (Å²) in [5.41, 5.74) is -8.31. The Bertz CT molecular complexity index is 1950. The molecule has 2 N–H and O–H groups in total. The standard InChI is InChI=1S/C17H16F6N3O4P.C13H6BrF6N3O/c1-3-29-31(28,30-4-2)14-9-24-13(8-25-14)26-15(27)10-5-11(16(18,19)20)7-12(6-10)17(21,22)23;14-9-4-22-10(5-21-9)23-11(24)6-1-7(12(15,16)17)3-8(2-6)13(18,19)20/h5-9H,3-4H2,1-2H3,(H,24,26,27);1-5H,(H,22,23,24). The number of hydrogen-bond acceptors (Lipinski definition) is 9. The van der Waals surface area contributed by atoms with Gasteiger partial charge < -0.3 is 19.7 Å². The number of carbonyl (C=O) groups excluding carboxylic acids is 2. The second-order valence-electron chi connectivity index (χ2n) is 10.3. The van der Waals surface area contributed by atoms with Crippen LogP contribution in [0.5, 0.6) is 0 Å². The van der Waals surface area contributed by atoms with E-state index >= 15 is 0 Å². The van der Waals surface area contributed by atoms with Gasteiger partial charge in [0.25, 0.3) is 11.8 Å². The van der Waals surface area contributed by atoms with Gasteiger partial charge in [-0.2, -0.15) is 52.7 Å². The Hall–Kier alpha value is -4.67. The fraction of sp³-hybridized carbons (Fsp3) is 0.267. The normalized spacial score (nSPS) is 12.4. The monoisotopic (exact) mass is 884 g/mol. The minimum Gasteiger partial charge on any atom is -0.305 e. The summed E-state index contributed by atoms with van der Waals surface area (Å²) < 4.78 is 177. The van der Waals surface area contributed by atoms with Crippen LogP contribution in [0.25, 0.3) is 0 Å². The van der Waals surface area contributed by atoms with Gasteiger partial charge in [0.05, 0.1) is 60.3 Å². The molecule has 2 aromatic carbocycles. The van der Waals surface area contributed by atoms with Crippen LogP contribution in [-0.4, -0.2) is 45.0 Å². The van der Waals surface area contributed by atoms with Gasteiger partial charge >= 0.3 is 32.3 Å². The predicted molar refractivity (Wildman–Crippen MR) is 171 cm³/mol. The Morgan fingerprint density at radius 2 is 0.927 bits per heavy atom. The van der Waals surface area contributed by atoms with Crippen LogP contribution in [0, 0.1) is 0 Å². The van der Waals surface area contributed by atoms with Crippen molar-refractivity contribution in [1.29, 1.82) is 0 Å². The Morgan fingerprint density at radius 3 is 1.20 bits per heavy atom. The third-order valence-corrected chi connectivity index (χ3v) is 8.72. The Kier molecular flexibility index (Phi) is 14.2. The number of hydrogen-bond donors (Lipinski definition) is 2. The van der Waals surface area contributed by atoms with Gasteiger partial charge in [-0.05, 0) is 66.2 Å². The molecule has 0 saturated heterocycles. The molecule has 0 unspecified atom stereocenters. The largest absolute Gasteiger partial charge is 0.416 e. The van der Waals surface area contributed by atoms with E-state index in [1.807, 2.05) is 5.32 Å². The second-order valence-corrected chi connectivity index (χ2v) is 13.1. The first-order valence-corrected chi connectivity index (χ1v) is 17.0. The van der Waals surface area contributed by atoms with E-state index < -0.39 is 77.5 Å². The summed E-state index contributed by atoms with van der Waals surface area (Å²) in [4.78, 5) is 39.1. The summed E-state index contributed by atoms with van der Waals surface area (Å²) >= 11 is 2.98. The van der Waals surface area contributed by atoms with Gasteiger partial charge in [0.15, 0.2) is 17.1 Å². The molecular formula is C30H22BrF12N6O5P. The Morgan fingerprint density at radius 1 is 0.582 bits per heavy atom. The van der Waals surface area contributed by atoms with Crippen molar-refractivity contribution in [1.82, 2.24) is 19.9 Å². The molecule has 0 aliphatic carbocycles. The molecule has 2 aromatic heterocycles. The third kappa shape index (κ3) is 12.7. The number of alkyl halides is 12. The van der Waals surface area contributed by atoms with Crippen molar-refractivity contribution in [3.63, 3.8) is 0 Å². The van der Waals surface area contributed by atoms with Gasteiger partial charge in [0, 0.05) is 11.1 Å². The highest BCUT2D eigenvalue weighted by atomic mass is 79.9. The number of anilines is 2. The van der Waals surface area contributed by atoms with E-state index in [4.69, 9.17) is 9.05 Å². The zero-order valence-electron chi connectivity index (χ0n) is 27.4. The molecule has 4 rings (SSSR count). The first-order chi connectivity index (χ1) is 25.3. The highest BCUT2D eigenvalue weighted by Gasteiger charge is 2.39. The molecule has 2 heterocycles. The quantitative estimate of drug-likeness (QED) is 0.124. The lowest BCUT2D eigenvalue weighted by Crippen LogP contribution is -2.19. The lowest BCUT2D eigenvalue weighted by atomic mass is 10.0. The van der Waals surface area contributed by atoms with E-state index in [1.54, 1.807) is 13.8 Å². The number of nitrogens with zero attached hydrogens (tertiary/aromatic N) is 4. The van der Waals surface area contributed by atoms with Crippen LogP contribution in [-0.2, 0) is 38.3 Å². The van der Waals surface area contributed by atoms with Crippen LogP contribution in [0.1, 0.15) is 56.8 Å². The highest BCUT2D eigenvalue weighted by Crippen LogP contribution is 2.46. The van der Waals surface area contributed by atoms with E-state index in [0.29, 0.717) is 16.7 Å². The summed E-state index contributed by atoms with van der Waals surface area (Å²) in [6.07, 6.45) is -16.1. The number of halogens is 13. The smallest absolute Gasteiger partial charge is 0.305 e. The lowest BCUT2D eigenvalue weighted by molar-refractivity contribution is -0.144. The summed E-state index contributed by atoms with van der Waals surface area (Å²) in [7, 11) is -3.77. The van der Waals surface area contributed by atoms with Crippen molar-refractivity contribution in [3.8, 4) is 0 Å². The Balaban J connectivity index is 0.000000305. The van der Waals surface area contributed by atoms with Gasteiger partial charge in [-0.15, -0.1) is 0 Å². The number of nitrogens with one attached hydrogen (secondary N) is 2. The second kappa shape index (κ2) is 17.4. The molecule has 0 atom stereocenters. The van der Waals surface area contributed by atoms with E-state index in [1.165, 1.54) is 6.20 Å². The van der Waals surface area contributed by atoms with Crippen LogP contribution in [0.3, 0.4) is 0 Å². The molecule has 0 aliphatic heterocycles. The maximum atomic E-state index is 12.9. The van der Waals surface area contributed by atoms with Crippen molar-refractivity contribution in [2.75, 3.05) is 23.8 Å². The zero-order valence-corrected chi connectivity index (χ0v) is 29.9. The summed E-state index contributed by atoms with van der Waals surface area (Å²) in [6.45, 7) is 3.21. The number of aromatic nitrogens is 4. The van der Waals surface area contributed by atoms with Crippen molar-refractivity contribution < 1.29 is 75.9 Å². The number of rotatable bonds is 9. The van der Waals surface area contributed by atoms with E-state index in [9.17, 15) is 66.8 Å². The molecule has 0 radical (unpaired) electrons. The molecule has 0 bridgehead atoms. The van der Waals surface area contributed by atoms with E-state index in [2.05, 4.69) is 41.2 Å². The number of benzene rings is 2. The molecule has 0 fully saturated rings. The topological polar surface area (TPSA) is 145 Å². The van der Waals surface area contributed by atoms with E-state index in [0.717, 1.165) is 18.6 Å². The van der Waals surface area contributed by atoms with Crippen LogP contribution in [0.15, 0.2) is 65.8 Å². The molecular weight excluding hydrogens is 863 g/mol. The fourth-order valence-corrected chi connectivity index (χ4v) is 5.58. The SMILES string of the molecule is CCOP(=O)(OCC)c1cnc(NC(=O)c2cc(C(F)(F)F)cc(C(F)(F)F)c2)cn1.O=C(Nc1cnc(Br)cn1)c1cc(C(F)(F)F)cc(C(F)(F)F)c1. The lowest BCUT2D eigenvalue weighted by Gasteiger charge is -2.16. The summed E-state index contributed by atoms with van der Waals surface area (Å²) in [5.74, 6) is -2.90. The van der Waals surface area contributed by atoms with Gasteiger partial charge in [-0.3, -0.25) is 14.2 Å². The van der Waals surface area contributed by atoms with Crippen molar-refractivity contribution >= 4 is 52.4 Å². The van der Waals surface area contributed by atoms with Gasteiger partial charge in [-0.25, -0.2) is 19.9 Å². The summed E-state index contributed by atoms with van der Waals surface area (Å²) in [6, 6.07) is 1.07. The summed E-state index contributed by atoms with van der Waals surface area (Å²) in [5, 5.41) is 4.11. The van der Waals surface area contributed by atoms with Crippen molar-refractivity contribution in [3.05, 3.63) is 99.2 Å². The maximum Gasteiger partial charge on any atom is 0.416 e. The number of amides is 2. The minimum atomic E-state index is -5.10. The molecule has 0 aliphatic rings. The average molecular weight is 885 g/mol. The molecule has 0 spiro atoms. The fourth-order valence-electron chi connectivity index (χ4n) is 3.96. The molecule has 298 valence electrons. The molecule has 25 heteroatoms. The van der Waals surface area contributed by atoms with Crippen LogP contribution in [0.4, 0.5) is 64.3 Å². The van der Waals surface area contributed by atoms with Gasteiger partial charge in [0.2, 0.25) is 0 Å². The van der Waals surface area contributed by atoms with Crippen LogP contribution >= 0.6 is 23.5 Å².